The van der Waals surface area contributed by atoms with E-state index in [1.54, 1.807) is 0 Å². The molecule has 82 valence electrons. The Hall–Kier alpha value is -0.750. The van der Waals surface area contributed by atoms with Gasteiger partial charge in [0.2, 0.25) is 0 Å². The van der Waals surface area contributed by atoms with Gasteiger partial charge in [0.15, 0.2) is 15.6 Å². The molecule has 0 unspecified atom stereocenters. The molecule has 0 spiro atoms. The van der Waals surface area contributed by atoms with E-state index in [9.17, 15) is 13.2 Å². The highest BCUT2D eigenvalue weighted by Crippen LogP contribution is 2.20. The van der Waals surface area contributed by atoms with Crippen molar-refractivity contribution in [2.45, 2.75) is 18.7 Å². The van der Waals surface area contributed by atoms with E-state index in [1.807, 2.05) is 0 Å². The van der Waals surface area contributed by atoms with Crippen LogP contribution in [0.4, 0.5) is 0 Å². The van der Waals surface area contributed by atoms with E-state index in [0.29, 0.717) is 4.47 Å². The van der Waals surface area contributed by atoms with Crippen molar-refractivity contribution in [1.82, 2.24) is 4.98 Å². The zero-order chi connectivity index (χ0) is 11.6. The second kappa shape index (κ2) is 4.40. The number of nitrogens with zero attached hydrogens (tertiary/aromatic N) is 1. The van der Waals surface area contributed by atoms with Gasteiger partial charge in [-0.2, -0.15) is 0 Å². The van der Waals surface area contributed by atoms with Gasteiger partial charge in [0.05, 0.1) is 10.6 Å². The lowest BCUT2D eigenvalue weighted by Crippen LogP contribution is -2.11. The van der Waals surface area contributed by atoms with Crippen molar-refractivity contribution >= 4 is 31.6 Å². The number of pyridine rings is 1. The zero-order valence-corrected chi connectivity index (χ0v) is 10.7. The van der Waals surface area contributed by atoms with Gasteiger partial charge in [0.1, 0.15) is 5.69 Å². The topological polar surface area (TPSA) is 64.1 Å². The number of ketones is 1. The fourth-order valence-electron chi connectivity index (χ4n) is 1.08. The molecule has 0 aliphatic rings. The van der Waals surface area contributed by atoms with Gasteiger partial charge in [0, 0.05) is 17.6 Å². The maximum Gasteiger partial charge on any atom is 0.180 e. The van der Waals surface area contributed by atoms with E-state index in [1.165, 1.54) is 26.1 Å². The lowest BCUT2D eigenvalue weighted by molar-refractivity contribution is 0.100. The monoisotopic (exact) mass is 291 g/mol. The lowest BCUT2D eigenvalue weighted by Gasteiger charge is -2.05. The summed E-state index contributed by atoms with van der Waals surface area (Å²) in [6, 6.07) is 1.41. The molecule has 6 heteroatoms. The molecule has 0 saturated heterocycles. The van der Waals surface area contributed by atoms with Crippen molar-refractivity contribution in [3.63, 3.8) is 0 Å². The van der Waals surface area contributed by atoms with Gasteiger partial charge in [-0.25, -0.2) is 8.42 Å². The zero-order valence-electron chi connectivity index (χ0n) is 8.32. The molecule has 0 amide bonds. The first kappa shape index (κ1) is 12.3. The number of halogens is 1. The maximum absolute atomic E-state index is 11.7. The summed E-state index contributed by atoms with van der Waals surface area (Å²) in [7, 11) is -3.41. The van der Waals surface area contributed by atoms with Crippen LogP contribution in [-0.2, 0) is 9.84 Å². The Bertz CT molecular complexity index is 496. The lowest BCUT2D eigenvalue weighted by atomic mass is 10.3. The third-order valence-electron chi connectivity index (χ3n) is 1.87. The summed E-state index contributed by atoms with van der Waals surface area (Å²) in [6.07, 6.45) is 1.41. The first-order valence-corrected chi connectivity index (χ1v) is 6.72. The minimum Gasteiger partial charge on any atom is -0.293 e. The fourth-order valence-corrected chi connectivity index (χ4v) is 2.67. The van der Waals surface area contributed by atoms with E-state index in [2.05, 4.69) is 20.9 Å². The predicted octanol–water partition coefficient (Wildman–Crippen LogP) is 1.84. The Balaban J connectivity index is 3.51. The van der Waals surface area contributed by atoms with Gasteiger partial charge in [-0.05, 0) is 22.0 Å². The second-order valence-electron chi connectivity index (χ2n) is 2.96. The second-order valence-corrected chi connectivity index (χ2v) is 6.12. The van der Waals surface area contributed by atoms with Crippen LogP contribution in [0, 0.1) is 0 Å². The third-order valence-corrected chi connectivity index (χ3v) is 4.04. The van der Waals surface area contributed by atoms with Crippen LogP contribution in [-0.4, -0.2) is 24.9 Å². The van der Waals surface area contributed by atoms with Gasteiger partial charge >= 0.3 is 0 Å². The predicted molar refractivity (Wildman–Crippen MR) is 59.7 cm³/mol. The van der Waals surface area contributed by atoms with Crippen LogP contribution in [0.15, 0.2) is 21.6 Å². The number of carbonyl (C=O) groups excluding carboxylic acids is 1. The summed E-state index contributed by atoms with van der Waals surface area (Å²) in [6.45, 7) is 2.82. The maximum atomic E-state index is 11.7. The Morgan fingerprint density at radius 2 is 2.13 bits per heavy atom. The van der Waals surface area contributed by atoms with Crippen molar-refractivity contribution < 1.29 is 13.2 Å². The molecule has 1 aromatic rings. The molecular weight excluding hydrogens is 282 g/mol. The minimum atomic E-state index is -3.41. The standard InChI is InChI=1S/C9H10BrNO3S/c1-3-15(13,14)8-4-7(10)5-11-9(8)6(2)12/h4-5H,3H2,1-2H3. The largest absolute Gasteiger partial charge is 0.293 e. The average molecular weight is 292 g/mol. The van der Waals surface area contributed by atoms with Gasteiger partial charge in [-0.15, -0.1) is 0 Å². The van der Waals surface area contributed by atoms with Crippen molar-refractivity contribution in [3.05, 3.63) is 22.4 Å². The fraction of sp³-hybridized carbons (Fsp3) is 0.333. The molecule has 1 rings (SSSR count). The molecule has 0 bridgehead atoms. The van der Waals surface area contributed by atoms with E-state index in [4.69, 9.17) is 0 Å². The minimum absolute atomic E-state index is 0.0000463. The summed E-state index contributed by atoms with van der Waals surface area (Å²) >= 11 is 3.13. The first-order valence-electron chi connectivity index (χ1n) is 4.27. The molecule has 1 heterocycles. The van der Waals surface area contributed by atoms with Crippen LogP contribution >= 0.6 is 15.9 Å². The highest BCUT2D eigenvalue weighted by molar-refractivity contribution is 9.10. The Labute approximate surface area is 96.8 Å². The summed E-state index contributed by atoms with van der Waals surface area (Å²) < 4.78 is 23.9. The number of sulfone groups is 1. The number of Topliss-reactive ketones (excluding diaryl/α,β-unsaturated/α-hetero) is 1. The van der Waals surface area contributed by atoms with Gasteiger partial charge in [0.25, 0.3) is 0 Å². The molecule has 0 aliphatic heterocycles. The quantitative estimate of drug-likeness (QED) is 0.797. The van der Waals surface area contributed by atoms with E-state index in [-0.39, 0.29) is 22.1 Å². The Morgan fingerprint density at radius 3 is 2.60 bits per heavy atom. The summed E-state index contributed by atoms with van der Waals surface area (Å²) in [5.41, 5.74) is 0.0000463. The molecule has 0 N–H and O–H groups in total. The Morgan fingerprint density at radius 1 is 1.53 bits per heavy atom. The molecule has 4 nitrogen and oxygen atoms in total. The number of rotatable bonds is 3. The molecule has 0 saturated carbocycles. The number of carbonyl (C=O) groups is 1. The van der Waals surface area contributed by atoms with Crippen LogP contribution in [0.1, 0.15) is 24.3 Å². The van der Waals surface area contributed by atoms with Gasteiger partial charge < -0.3 is 0 Å². The molecule has 0 radical (unpaired) electrons. The van der Waals surface area contributed by atoms with Crippen LogP contribution in [0.3, 0.4) is 0 Å². The molecule has 0 aromatic carbocycles. The van der Waals surface area contributed by atoms with Crippen molar-refractivity contribution in [2.24, 2.45) is 0 Å². The smallest absolute Gasteiger partial charge is 0.180 e. The van der Waals surface area contributed by atoms with Gasteiger partial charge in [-0.1, -0.05) is 6.92 Å². The average Bonchev–Trinajstić information content (AvgIpc) is 2.17. The molecule has 0 aliphatic carbocycles. The van der Waals surface area contributed by atoms with Crippen LogP contribution in [0.2, 0.25) is 0 Å². The third kappa shape index (κ3) is 2.63. The SMILES string of the molecule is CCS(=O)(=O)c1cc(Br)cnc1C(C)=O. The van der Waals surface area contributed by atoms with E-state index < -0.39 is 9.84 Å². The summed E-state index contributed by atoms with van der Waals surface area (Å²) in [4.78, 5) is 15.0. The molecular formula is C9H10BrNO3S. The van der Waals surface area contributed by atoms with E-state index in [0.717, 1.165) is 0 Å². The molecule has 1 aromatic heterocycles. The molecule has 0 atom stereocenters. The van der Waals surface area contributed by atoms with Crippen LogP contribution in [0.25, 0.3) is 0 Å². The highest BCUT2D eigenvalue weighted by Gasteiger charge is 2.20. The normalized spacial score (nSPS) is 11.4. The number of hydrogen-bond acceptors (Lipinski definition) is 4. The Kier molecular flexibility index (Phi) is 3.62. The molecule has 0 fully saturated rings. The van der Waals surface area contributed by atoms with E-state index >= 15 is 0 Å². The summed E-state index contributed by atoms with van der Waals surface area (Å²) in [5, 5.41) is 0. The molecule has 15 heavy (non-hydrogen) atoms. The van der Waals surface area contributed by atoms with Crippen molar-refractivity contribution in [2.75, 3.05) is 5.75 Å². The summed E-state index contributed by atoms with van der Waals surface area (Å²) in [5.74, 6) is -0.402. The highest BCUT2D eigenvalue weighted by atomic mass is 79.9. The van der Waals surface area contributed by atoms with Gasteiger partial charge in [-0.3, -0.25) is 9.78 Å². The van der Waals surface area contributed by atoms with Crippen LogP contribution < -0.4 is 0 Å². The first-order chi connectivity index (χ1) is 6.88. The van der Waals surface area contributed by atoms with Crippen molar-refractivity contribution in [1.29, 1.82) is 0 Å². The number of hydrogen-bond donors (Lipinski definition) is 0. The number of aromatic nitrogens is 1. The van der Waals surface area contributed by atoms with Crippen LogP contribution in [0.5, 0.6) is 0 Å². The van der Waals surface area contributed by atoms with Crippen molar-refractivity contribution in [3.8, 4) is 0 Å².